The van der Waals surface area contributed by atoms with Gasteiger partial charge in [0.05, 0.1) is 12.8 Å². The lowest BCUT2D eigenvalue weighted by Gasteiger charge is -2.38. The molecule has 2 saturated heterocycles. The zero-order valence-electron chi connectivity index (χ0n) is 14.4. The standard InChI is InChI=1S/C20H25N3O2/c24-20(21-13-15-5-2-1-3-6-15)22-16-11-17-8-9-18(12-16)23(17)14-19-7-4-10-25-19/h1-7,10,16-18H,8-9,11-14H2,(H2,21,22,24)/t17-,18-/m1/s1. The quantitative estimate of drug-likeness (QED) is 0.879. The van der Waals surface area contributed by atoms with Crippen LogP contribution < -0.4 is 10.6 Å². The topological polar surface area (TPSA) is 57.5 Å². The van der Waals surface area contributed by atoms with Crippen molar-refractivity contribution >= 4 is 6.03 Å². The van der Waals surface area contributed by atoms with Crippen LogP contribution in [0, 0.1) is 0 Å². The van der Waals surface area contributed by atoms with E-state index >= 15 is 0 Å². The minimum absolute atomic E-state index is 0.0623. The van der Waals surface area contributed by atoms with Crippen LogP contribution in [0.3, 0.4) is 0 Å². The van der Waals surface area contributed by atoms with E-state index in [0.29, 0.717) is 18.6 Å². The van der Waals surface area contributed by atoms with Gasteiger partial charge < -0.3 is 15.1 Å². The molecule has 2 N–H and O–H groups in total. The lowest BCUT2D eigenvalue weighted by atomic mass is 9.97. The van der Waals surface area contributed by atoms with E-state index in [1.807, 2.05) is 42.5 Å². The van der Waals surface area contributed by atoms with E-state index in [1.165, 1.54) is 12.8 Å². The summed E-state index contributed by atoms with van der Waals surface area (Å²) < 4.78 is 5.50. The lowest BCUT2D eigenvalue weighted by molar-refractivity contribution is 0.103. The fraction of sp³-hybridized carbons (Fsp3) is 0.450. The van der Waals surface area contributed by atoms with Gasteiger partial charge in [0, 0.05) is 24.7 Å². The number of amides is 2. The molecule has 2 aliphatic heterocycles. The predicted molar refractivity (Wildman–Crippen MR) is 95.9 cm³/mol. The summed E-state index contributed by atoms with van der Waals surface area (Å²) in [6, 6.07) is 15.3. The fourth-order valence-electron chi connectivity index (χ4n) is 4.25. The average molecular weight is 339 g/mol. The Morgan fingerprint density at radius 3 is 2.52 bits per heavy atom. The molecule has 3 heterocycles. The highest BCUT2D eigenvalue weighted by Gasteiger charge is 2.41. The molecule has 2 aromatic rings. The second-order valence-corrected chi connectivity index (χ2v) is 7.12. The summed E-state index contributed by atoms with van der Waals surface area (Å²) in [4.78, 5) is 14.8. The van der Waals surface area contributed by atoms with E-state index in [4.69, 9.17) is 4.42 Å². The molecule has 2 fully saturated rings. The molecule has 1 aromatic heterocycles. The molecule has 2 atom stereocenters. The maximum absolute atomic E-state index is 12.2. The van der Waals surface area contributed by atoms with Crippen LogP contribution in [0.25, 0.3) is 0 Å². The minimum atomic E-state index is -0.0623. The van der Waals surface area contributed by atoms with Gasteiger partial charge in [-0.25, -0.2) is 4.79 Å². The summed E-state index contributed by atoms with van der Waals surface area (Å²) in [5.74, 6) is 1.03. The Labute approximate surface area is 148 Å². The Morgan fingerprint density at radius 1 is 1.08 bits per heavy atom. The average Bonchev–Trinajstić information content (AvgIpc) is 3.21. The number of urea groups is 1. The number of furan rings is 1. The van der Waals surface area contributed by atoms with Gasteiger partial charge in [0.15, 0.2) is 0 Å². The summed E-state index contributed by atoms with van der Waals surface area (Å²) >= 11 is 0. The van der Waals surface area contributed by atoms with Gasteiger partial charge >= 0.3 is 6.03 Å². The van der Waals surface area contributed by atoms with E-state index in [0.717, 1.165) is 30.7 Å². The van der Waals surface area contributed by atoms with Crippen LogP contribution in [-0.4, -0.2) is 29.1 Å². The molecule has 0 unspecified atom stereocenters. The van der Waals surface area contributed by atoms with Crippen molar-refractivity contribution in [2.45, 2.75) is 56.9 Å². The predicted octanol–water partition coefficient (Wildman–Crippen LogP) is 3.27. The van der Waals surface area contributed by atoms with E-state index < -0.39 is 0 Å². The van der Waals surface area contributed by atoms with Crippen LogP contribution >= 0.6 is 0 Å². The Morgan fingerprint density at radius 2 is 1.84 bits per heavy atom. The Balaban J connectivity index is 1.27. The number of hydrogen-bond donors (Lipinski definition) is 2. The van der Waals surface area contributed by atoms with Crippen LogP contribution in [0.1, 0.15) is 37.0 Å². The zero-order valence-corrected chi connectivity index (χ0v) is 14.4. The van der Waals surface area contributed by atoms with E-state index in [1.54, 1.807) is 6.26 Å². The highest BCUT2D eigenvalue weighted by Crippen LogP contribution is 2.36. The van der Waals surface area contributed by atoms with Crippen molar-refractivity contribution in [2.24, 2.45) is 0 Å². The Bertz CT molecular complexity index is 672. The minimum Gasteiger partial charge on any atom is -0.468 e. The molecule has 132 valence electrons. The van der Waals surface area contributed by atoms with Crippen LogP contribution in [-0.2, 0) is 13.1 Å². The second-order valence-electron chi connectivity index (χ2n) is 7.12. The van der Waals surface area contributed by atoms with Crippen LogP contribution in [0.2, 0.25) is 0 Å². The first-order valence-electron chi connectivity index (χ1n) is 9.14. The van der Waals surface area contributed by atoms with Gasteiger partial charge in [-0.3, -0.25) is 4.90 Å². The normalized spacial score (nSPS) is 25.7. The molecular weight excluding hydrogens is 314 g/mol. The maximum Gasteiger partial charge on any atom is 0.315 e. The van der Waals surface area contributed by atoms with Crippen molar-refractivity contribution in [1.29, 1.82) is 0 Å². The van der Waals surface area contributed by atoms with Gasteiger partial charge in [-0.15, -0.1) is 0 Å². The molecule has 5 heteroatoms. The second kappa shape index (κ2) is 7.31. The molecule has 5 nitrogen and oxygen atoms in total. The molecule has 2 bridgehead atoms. The number of rotatable bonds is 5. The zero-order chi connectivity index (χ0) is 17.1. The van der Waals surface area contributed by atoms with Crippen molar-refractivity contribution in [1.82, 2.24) is 15.5 Å². The van der Waals surface area contributed by atoms with Crippen LogP contribution in [0.4, 0.5) is 4.79 Å². The number of carbonyl (C=O) groups excluding carboxylic acids is 1. The number of carbonyl (C=O) groups is 1. The number of nitrogens with one attached hydrogen (secondary N) is 2. The first-order valence-corrected chi connectivity index (χ1v) is 9.14. The summed E-state index contributed by atoms with van der Waals surface area (Å²) in [5.41, 5.74) is 1.12. The molecule has 1 aromatic carbocycles. The molecule has 0 radical (unpaired) electrons. The van der Waals surface area contributed by atoms with E-state index in [9.17, 15) is 4.79 Å². The summed E-state index contributed by atoms with van der Waals surface area (Å²) in [6.45, 7) is 1.45. The summed E-state index contributed by atoms with van der Waals surface area (Å²) in [5, 5.41) is 6.13. The monoisotopic (exact) mass is 339 g/mol. The summed E-state index contributed by atoms with van der Waals surface area (Å²) in [6.07, 6.45) is 6.22. The largest absolute Gasteiger partial charge is 0.468 e. The van der Waals surface area contributed by atoms with Crippen molar-refractivity contribution in [3.8, 4) is 0 Å². The fourth-order valence-corrected chi connectivity index (χ4v) is 4.25. The van der Waals surface area contributed by atoms with Crippen molar-refractivity contribution in [3.63, 3.8) is 0 Å². The molecular formula is C20H25N3O2. The highest BCUT2D eigenvalue weighted by atomic mass is 16.3. The Kier molecular flexibility index (Phi) is 4.74. The Hall–Kier alpha value is -2.27. The molecule has 4 rings (SSSR count). The number of fused-ring (bicyclic) bond motifs is 2. The third-order valence-corrected chi connectivity index (χ3v) is 5.43. The van der Waals surface area contributed by atoms with Gasteiger partial charge in [-0.05, 0) is 43.4 Å². The van der Waals surface area contributed by atoms with Crippen LogP contribution in [0.5, 0.6) is 0 Å². The number of benzene rings is 1. The maximum atomic E-state index is 12.2. The number of piperidine rings is 1. The highest BCUT2D eigenvalue weighted by molar-refractivity contribution is 5.74. The van der Waals surface area contributed by atoms with Crippen molar-refractivity contribution < 1.29 is 9.21 Å². The molecule has 2 aliphatic rings. The van der Waals surface area contributed by atoms with Gasteiger partial charge in [0.2, 0.25) is 0 Å². The van der Waals surface area contributed by atoms with E-state index in [2.05, 4.69) is 15.5 Å². The van der Waals surface area contributed by atoms with Gasteiger partial charge in [-0.2, -0.15) is 0 Å². The molecule has 0 aliphatic carbocycles. The molecule has 2 amide bonds. The summed E-state index contributed by atoms with van der Waals surface area (Å²) in [7, 11) is 0. The SMILES string of the molecule is O=C(NCc1ccccc1)NC1C[C@H]2CC[C@H](C1)N2Cc1ccco1. The van der Waals surface area contributed by atoms with Gasteiger partial charge in [-0.1, -0.05) is 30.3 Å². The number of nitrogens with zero attached hydrogens (tertiary/aromatic N) is 1. The smallest absolute Gasteiger partial charge is 0.315 e. The molecule has 25 heavy (non-hydrogen) atoms. The molecule has 0 saturated carbocycles. The third kappa shape index (κ3) is 3.87. The first-order chi connectivity index (χ1) is 12.3. The third-order valence-electron chi connectivity index (χ3n) is 5.43. The number of hydrogen-bond acceptors (Lipinski definition) is 3. The lowest BCUT2D eigenvalue weighted by Crippen LogP contribution is -2.51. The first kappa shape index (κ1) is 16.2. The van der Waals surface area contributed by atoms with E-state index in [-0.39, 0.29) is 12.1 Å². The van der Waals surface area contributed by atoms with Gasteiger partial charge in [0.25, 0.3) is 0 Å². The molecule has 0 spiro atoms. The van der Waals surface area contributed by atoms with Crippen molar-refractivity contribution in [2.75, 3.05) is 0 Å². The van der Waals surface area contributed by atoms with Crippen LogP contribution in [0.15, 0.2) is 53.1 Å². The van der Waals surface area contributed by atoms with Gasteiger partial charge in [0.1, 0.15) is 5.76 Å². The van der Waals surface area contributed by atoms with Crippen molar-refractivity contribution in [3.05, 3.63) is 60.1 Å².